The van der Waals surface area contributed by atoms with Crippen LogP contribution in [0.5, 0.6) is 0 Å². The number of carbonyl (C=O) groups is 1. The molecule has 0 unspecified atom stereocenters. The minimum absolute atomic E-state index is 0.0971. The number of pyridine rings is 1. The number of nitriles is 1. The lowest BCUT2D eigenvalue weighted by atomic mass is 10.2. The zero-order chi connectivity index (χ0) is 13.1. The number of nitrogens with two attached hydrogens (primary N) is 1. The molecule has 6 heteroatoms. The molecule has 94 valence electrons. The third-order valence-electron chi connectivity index (χ3n) is 2.84. The molecular formula is C12H14N4O2. The topological polar surface area (TPSA) is 103 Å². The van der Waals surface area contributed by atoms with Crippen LogP contribution >= 0.6 is 0 Å². The highest BCUT2D eigenvalue weighted by Gasteiger charge is 2.32. The molecule has 1 aromatic rings. The maximum absolute atomic E-state index is 11.2. The zero-order valence-corrected chi connectivity index (χ0v) is 9.83. The average Bonchev–Trinajstić information content (AvgIpc) is 3.15. The predicted molar refractivity (Wildman–Crippen MR) is 66.2 cm³/mol. The van der Waals surface area contributed by atoms with Crippen LogP contribution in [0.4, 0.5) is 11.5 Å². The molecule has 0 aromatic carbocycles. The molecule has 0 spiro atoms. The van der Waals surface area contributed by atoms with Crippen molar-refractivity contribution in [1.82, 2.24) is 4.98 Å². The molecule has 1 heterocycles. The Hall–Kier alpha value is -2.29. The van der Waals surface area contributed by atoms with E-state index in [0.29, 0.717) is 30.5 Å². The van der Waals surface area contributed by atoms with Gasteiger partial charge in [-0.25, -0.2) is 9.78 Å². The van der Waals surface area contributed by atoms with E-state index in [9.17, 15) is 9.90 Å². The predicted octanol–water partition coefficient (Wildman–Crippen LogP) is 1.24. The molecule has 6 nitrogen and oxygen atoms in total. The Morgan fingerprint density at radius 3 is 2.94 bits per heavy atom. The van der Waals surface area contributed by atoms with Gasteiger partial charge in [0.2, 0.25) is 0 Å². The van der Waals surface area contributed by atoms with Crippen LogP contribution in [-0.2, 0) is 0 Å². The van der Waals surface area contributed by atoms with Gasteiger partial charge in [-0.1, -0.05) is 0 Å². The highest BCUT2D eigenvalue weighted by atomic mass is 16.4. The fourth-order valence-electron chi connectivity index (χ4n) is 1.88. The first-order valence-corrected chi connectivity index (χ1v) is 5.76. The number of aromatic nitrogens is 1. The highest BCUT2D eigenvalue weighted by molar-refractivity contribution is 5.94. The minimum atomic E-state index is -1.05. The van der Waals surface area contributed by atoms with Crippen LogP contribution in [-0.4, -0.2) is 28.6 Å². The van der Waals surface area contributed by atoms with E-state index in [1.807, 2.05) is 4.90 Å². The summed E-state index contributed by atoms with van der Waals surface area (Å²) < 4.78 is 0. The Kier molecular flexibility index (Phi) is 3.33. The van der Waals surface area contributed by atoms with Gasteiger partial charge in [-0.05, 0) is 18.9 Å². The zero-order valence-electron chi connectivity index (χ0n) is 9.83. The van der Waals surface area contributed by atoms with Gasteiger partial charge < -0.3 is 15.7 Å². The van der Waals surface area contributed by atoms with Crippen LogP contribution in [0, 0.1) is 11.3 Å². The molecular weight excluding hydrogens is 232 g/mol. The summed E-state index contributed by atoms with van der Waals surface area (Å²) in [6, 6.07) is 3.78. The molecule has 0 amide bonds. The molecule has 1 aliphatic carbocycles. The number of aromatic carboxylic acids is 1. The maximum atomic E-state index is 11.2. The molecule has 1 aromatic heterocycles. The Bertz CT molecular complexity index is 505. The van der Waals surface area contributed by atoms with Gasteiger partial charge >= 0.3 is 5.97 Å². The lowest BCUT2D eigenvalue weighted by Gasteiger charge is -2.23. The van der Waals surface area contributed by atoms with Crippen molar-refractivity contribution in [3.63, 3.8) is 0 Å². The second kappa shape index (κ2) is 4.92. The normalized spacial score (nSPS) is 13.9. The summed E-state index contributed by atoms with van der Waals surface area (Å²) >= 11 is 0. The van der Waals surface area contributed by atoms with E-state index in [1.165, 1.54) is 12.3 Å². The van der Waals surface area contributed by atoms with Gasteiger partial charge in [0.25, 0.3) is 0 Å². The Balaban J connectivity index is 2.34. The number of hydrogen-bond donors (Lipinski definition) is 2. The summed E-state index contributed by atoms with van der Waals surface area (Å²) in [5, 5.41) is 17.8. The van der Waals surface area contributed by atoms with Crippen LogP contribution < -0.4 is 10.6 Å². The average molecular weight is 246 g/mol. The molecule has 0 saturated heterocycles. The van der Waals surface area contributed by atoms with Crippen molar-refractivity contribution in [2.24, 2.45) is 0 Å². The van der Waals surface area contributed by atoms with Crippen molar-refractivity contribution in [2.45, 2.75) is 25.3 Å². The third kappa shape index (κ3) is 2.51. The first-order chi connectivity index (χ1) is 8.63. The number of carboxylic acids is 1. The molecule has 0 bridgehead atoms. The van der Waals surface area contributed by atoms with Crippen molar-refractivity contribution in [1.29, 1.82) is 5.26 Å². The van der Waals surface area contributed by atoms with E-state index in [0.717, 1.165) is 12.8 Å². The Morgan fingerprint density at radius 2 is 2.39 bits per heavy atom. The largest absolute Gasteiger partial charge is 0.478 e. The monoisotopic (exact) mass is 246 g/mol. The summed E-state index contributed by atoms with van der Waals surface area (Å²) in [4.78, 5) is 17.2. The van der Waals surface area contributed by atoms with E-state index < -0.39 is 5.97 Å². The standard InChI is InChI=1S/C12H14N4O2/c13-4-1-5-16(9-2-3-9)11-10(12(17)18)6-8(14)7-15-11/h6-7,9H,1-3,5,14H2,(H,17,18). The molecule has 0 aliphatic heterocycles. The number of nitrogens with zero attached hydrogens (tertiary/aromatic N) is 3. The van der Waals surface area contributed by atoms with Gasteiger partial charge in [-0.3, -0.25) is 0 Å². The fourth-order valence-corrected chi connectivity index (χ4v) is 1.88. The lowest BCUT2D eigenvalue weighted by molar-refractivity contribution is 0.0697. The second-order valence-electron chi connectivity index (χ2n) is 4.28. The van der Waals surface area contributed by atoms with Crippen molar-refractivity contribution in [3.8, 4) is 6.07 Å². The second-order valence-corrected chi connectivity index (χ2v) is 4.28. The smallest absolute Gasteiger partial charge is 0.339 e. The SMILES string of the molecule is N#CCCN(c1ncc(N)cc1C(=O)O)C1CC1. The quantitative estimate of drug-likeness (QED) is 0.810. The number of hydrogen-bond acceptors (Lipinski definition) is 5. The number of anilines is 2. The molecule has 3 N–H and O–H groups in total. The van der Waals surface area contributed by atoms with Crippen molar-refractivity contribution < 1.29 is 9.90 Å². The van der Waals surface area contributed by atoms with Gasteiger partial charge in [0.05, 0.1) is 24.4 Å². The third-order valence-corrected chi connectivity index (χ3v) is 2.84. The van der Waals surface area contributed by atoms with Gasteiger partial charge in [-0.15, -0.1) is 0 Å². The molecule has 0 atom stereocenters. The van der Waals surface area contributed by atoms with E-state index >= 15 is 0 Å². The maximum Gasteiger partial charge on any atom is 0.339 e. The summed E-state index contributed by atoms with van der Waals surface area (Å²) in [6.07, 6.45) is 3.82. The molecule has 1 saturated carbocycles. The summed E-state index contributed by atoms with van der Waals surface area (Å²) in [7, 11) is 0. The lowest BCUT2D eigenvalue weighted by Crippen LogP contribution is -2.29. The van der Waals surface area contributed by atoms with Crippen molar-refractivity contribution in [3.05, 3.63) is 17.8 Å². The Labute approximate surface area is 105 Å². The van der Waals surface area contributed by atoms with Crippen LogP contribution in [0.2, 0.25) is 0 Å². The fraction of sp³-hybridized carbons (Fsp3) is 0.417. The molecule has 1 aliphatic rings. The van der Waals surface area contributed by atoms with Crippen molar-refractivity contribution >= 4 is 17.5 Å². The van der Waals surface area contributed by atoms with Crippen molar-refractivity contribution in [2.75, 3.05) is 17.2 Å². The molecule has 18 heavy (non-hydrogen) atoms. The molecule has 2 rings (SSSR count). The van der Waals surface area contributed by atoms with Crippen LogP contribution in [0.15, 0.2) is 12.3 Å². The van der Waals surface area contributed by atoms with Gasteiger partial charge in [0, 0.05) is 12.6 Å². The first-order valence-electron chi connectivity index (χ1n) is 5.76. The molecule has 0 radical (unpaired) electrons. The van der Waals surface area contributed by atoms with Crippen LogP contribution in [0.1, 0.15) is 29.6 Å². The summed E-state index contributed by atoms with van der Waals surface area (Å²) in [5.41, 5.74) is 5.98. The van der Waals surface area contributed by atoms with Crippen LogP contribution in [0.25, 0.3) is 0 Å². The van der Waals surface area contributed by atoms with E-state index in [4.69, 9.17) is 11.0 Å². The van der Waals surface area contributed by atoms with Gasteiger partial charge in [0.15, 0.2) is 0 Å². The van der Waals surface area contributed by atoms with E-state index in [1.54, 1.807) is 0 Å². The summed E-state index contributed by atoms with van der Waals surface area (Å²) in [5.74, 6) is -0.637. The summed E-state index contributed by atoms with van der Waals surface area (Å²) in [6.45, 7) is 0.498. The molecule has 1 fully saturated rings. The number of nitrogen functional groups attached to an aromatic ring is 1. The Morgan fingerprint density at radius 1 is 1.67 bits per heavy atom. The number of carboxylic acid groups (broad SMARTS) is 1. The highest BCUT2D eigenvalue weighted by Crippen LogP contribution is 2.33. The van der Waals surface area contributed by atoms with Gasteiger partial charge in [-0.2, -0.15) is 5.26 Å². The van der Waals surface area contributed by atoms with Crippen LogP contribution in [0.3, 0.4) is 0 Å². The minimum Gasteiger partial charge on any atom is -0.478 e. The van der Waals surface area contributed by atoms with E-state index in [2.05, 4.69) is 11.1 Å². The van der Waals surface area contributed by atoms with E-state index in [-0.39, 0.29) is 5.56 Å². The first kappa shape index (κ1) is 12.2. The van der Waals surface area contributed by atoms with Gasteiger partial charge in [0.1, 0.15) is 11.4 Å². The number of rotatable bonds is 5.